The summed E-state index contributed by atoms with van der Waals surface area (Å²) in [5.74, 6) is 0.883. The van der Waals surface area contributed by atoms with Gasteiger partial charge in [0.2, 0.25) is 0 Å². The molecule has 0 radical (unpaired) electrons. The highest BCUT2D eigenvalue weighted by atomic mass is 16.5. The lowest BCUT2D eigenvalue weighted by molar-refractivity contribution is 0.0949. The van der Waals surface area contributed by atoms with Gasteiger partial charge in [0.15, 0.2) is 11.5 Å². The normalized spacial score (nSPS) is 13.5. The molecule has 1 heterocycles. The van der Waals surface area contributed by atoms with Crippen molar-refractivity contribution in [1.82, 2.24) is 5.32 Å². The van der Waals surface area contributed by atoms with E-state index in [1.54, 1.807) is 32.4 Å². The molecule has 2 aromatic carbocycles. The highest BCUT2D eigenvalue weighted by Crippen LogP contribution is 2.30. The fourth-order valence-electron chi connectivity index (χ4n) is 3.50. The van der Waals surface area contributed by atoms with Crippen molar-refractivity contribution in [2.45, 2.75) is 25.7 Å². The van der Waals surface area contributed by atoms with Crippen molar-refractivity contribution in [1.29, 1.82) is 0 Å². The number of nitrogens with one attached hydrogen (secondary N) is 1. The number of nitrogens with zero attached hydrogens (tertiary/aromatic N) is 1. The number of ether oxygens (including phenoxy) is 2. The average molecular weight is 368 g/mol. The van der Waals surface area contributed by atoms with Gasteiger partial charge < -0.3 is 19.7 Å². The second-order valence-corrected chi connectivity index (χ2v) is 6.76. The van der Waals surface area contributed by atoms with E-state index in [-0.39, 0.29) is 5.91 Å². The van der Waals surface area contributed by atoms with Crippen LogP contribution in [0.3, 0.4) is 0 Å². The zero-order valence-corrected chi connectivity index (χ0v) is 16.2. The minimum absolute atomic E-state index is 0.143. The van der Waals surface area contributed by atoms with Gasteiger partial charge in [0.25, 0.3) is 5.91 Å². The summed E-state index contributed by atoms with van der Waals surface area (Å²) >= 11 is 0. The number of para-hydroxylation sites is 1. The minimum Gasteiger partial charge on any atom is -0.493 e. The van der Waals surface area contributed by atoms with Crippen LogP contribution >= 0.6 is 0 Å². The van der Waals surface area contributed by atoms with Crippen molar-refractivity contribution in [2.75, 3.05) is 38.8 Å². The van der Waals surface area contributed by atoms with Crippen LogP contribution in [0.1, 0.15) is 35.2 Å². The highest BCUT2D eigenvalue weighted by molar-refractivity contribution is 5.97. The molecule has 1 saturated heterocycles. The molecule has 0 aromatic heterocycles. The summed E-state index contributed by atoms with van der Waals surface area (Å²) in [6.07, 6.45) is 4.41. The van der Waals surface area contributed by atoms with Crippen molar-refractivity contribution in [2.24, 2.45) is 0 Å². The summed E-state index contributed by atoms with van der Waals surface area (Å²) in [7, 11) is 3.11. The van der Waals surface area contributed by atoms with Crippen molar-refractivity contribution in [3.63, 3.8) is 0 Å². The Labute approximate surface area is 161 Å². The third-order valence-corrected chi connectivity index (χ3v) is 4.98. The standard InChI is InChI=1S/C22H28N2O3/c1-26-20-9-5-8-19(21(20)27-2)22(25)23-14-6-7-17-10-12-18(13-11-17)24-15-3-4-16-24/h5,8-13H,3-4,6-7,14-16H2,1-2H3,(H,23,25). The first-order valence-electron chi connectivity index (χ1n) is 9.56. The number of aryl methyl sites for hydroxylation is 1. The van der Waals surface area contributed by atoms with Crippen LogP contribution in [0.5, 0.6) is 11.5 Å². The number of carbonyl (C=O) groups is 1. The van der Waals surface area contributed by atoms with Gasteiger partial charge in [0, 0.05) is 25.3 Å². The molecule has 3 rings (SSSR count). The Morgan fingerprint density at radius 1 is 1.04 bits per heavy atom. The Hall–Kier alpha value is -2.69. The number of hydrogen-bond acceptors (Lipinski definition) is 4. The molecule has 27 heavy (non-hydrogen) atoms. The van der Waals surface area contributed by atoms with Gasteiger partial charge in [-0.05, 0) is 55.5 Å². The van der Waals surface area contributed by atoms with Crippen LogP contribution in [0.15, 0.2) is 42.5 Å². The van der Waals surface area contributed by atoms with Crippen molar-refractivity contribution < 1.29 is 14.3 Å². The Morgan fingerprint density at radius 2 is 1.78 bits per heavy atom. The second-order valence-electron chi connectivity index (χ2n) is 6.76. The molecule has 0 saturated carbocycles. The molecule has 0 unspecified atom stereocenters. The molecule has 0 aliphatic carbocycles. The van der Waals surface area contributed by atoms with Crippen molar-refractivity contribution in [3.8, 4) is 11.5 Å². The molecule has 5 nitrogen and oxygen atoms in total. The van der Waals surface area contributed by atoms with Crippen LogP contribution in [-0.2, 0) is 6.42 Å². The van der Waals surface area contributed by atoms with Gasteiger partial charge in [-0.1, -0.05) is 18.2 Å². The van der Waals surface area contributed by atoms with Crippen LogP contribution in [0.4, 0.5) is 5.69 Å². The average Bonchev–Trinajstić information content (AvgIpc) is 3.25. The Balaban J connectivity index is 1.48. The van der Waals surface area contributed by atoms with Crippen LogP contribution in [0.25, 0.3) is 0 Å². The highest BCUT2D eigenvalue weighted by Gasteiger charge is 2.16. The zero-order chi connectivity index (χ0) is 19.1. The summed E-state index contributed by atoms with van der Waals surface area (Å²) in [6, 6.07) is 14.1. The zero-order valence-electron chi connectivity index (χ0n) is 16.2. The summed E-state index contributed by atoms with van der Waals surface area (Å²) in [4.78, 5) is 14.9. The molecule has 2 aromatic rings. The number of carbonyl (C=O) groups excluding carboxylic acids is 1. The quantitative estimate of drug-likeness (QED) is 0.723. The molecular formula is C22H28N2O3. The molecule has 1 aliphatic heterocycles. The van der Waals surface area contributed by atoms with Gasteiger partial charge in [-0.3, -0.25) is 4.79 Å². The number of methoxy groups -OCH3 is 2. The lowest BCUT2D eigenvalue weighted by Gasteiger charge is -2.17. The Bertz CT molecular complexity index is 753. The molecule has 1 N–H and O–H groups in total. The molecule has 1 amide bonds. The summed E-state index contributed by atoms with van der Waals surface area (Å²) in [5, 5.41) is 2.97. The molecule has 5 heteroatoms. The number of anilines is 1. The van der Waals surface area contributed by atoms with E-state index in [9.17, 15) is 4.79 Å². The minimum atomic E-state index is -0.143. The first-order valence-corrected chi connectivity index (χ1v) is 9.56. The Kier molecular flexibility index (Phi) is 6.58. The van der Waals surface area contributed by atoms with Gasteiger partial charge in [-0.2, -0.15) is 0 Å². The SMILES string of the molecule is COc1cccc(C(=O)NCCCc2ccc(N3CCCC3)cc2)c1OC. The largest absolute Gasteiger partial charge is 0.493 e. The van der Waals surface area contributed by atoms with Gasteiger partial charge in [-0.15, -0.1) is 0 Å². The first kappa shape index (κ1) is 19.1. The number of hydrogen-bond donors (Lipinski definition) is 1. The molecule has 1 aliphatic rings. The van der Waals surface area contributed by atoms with E-state index >= 15 is 0 Å². The van der Waals surface area contributed by atoms with Gasteiger partial charge in [-0.25, -0.2) is 0 Å². The molecule has 0 bridgehead atoms. The van der Waals surface area contributed by atoms with Gasteiger partial charge >= 0.3 is 0 Å². The van der Waals surface area contributed by atoms with E-state index < -0.39 is 0 Å². The third kappa shape index (κ3) is 4.73. The molecule has 1 fully saturated rings. The van der Waals surface area contributed by atoms with E-state index in [0.717, 1.165) is 12.8 Å². The van der Waals surface area contributed by atoms with E-state index in [0.29, 0.717) is 23.6 Å². The second kappa shape index (κ2) is 9.31. The van der Waals surface area contributed by atoms with Crippen LogP contribution in [-0.4, -0.2) is 39.8 Å². The van der Waals surface area contributed by atoms with Crippen LogP contribution < -0.4 is 19.7 Å². The van der Waals surface area contributed by atoms with Crippen molar-refractivity contribution in [3.05, 3.63) is 53.6 Å². The lowest BCUT2D eigenvalue weighted by Crippen LogP contribution is -2.25. The van der Waals surface area contributed by atoms with Gasteiger partial charge in [0.05, 0.1) is 19.8 Å². The van der Waals surface area contributed by atoms with E-state index in [4.69, 9.17) is 9.47 Å². The number of benzene rings is 2. The molecule has 144 valence electrons. The maximum Gasteiger partial charge on any atom is 0.255 e. The lowest BCUT2D eigenvalue weighted by atomic mass is 10.1. The van der Waals surface area contributed by atoms with E-state index in [2.05, 4.69) is 34.5 Å². The van der Waals surface area contributed by atoms with Gasteiger partial charge in [0.1, 0.15) is 0 Å². The van der Waals surface area contributed by atoms with E-state index in [1.807, 2.05) is 0 Å². The third-order valence-electron chi connectivity index (χ3n) is 4.98. The molecule has 0 spiro atoms. The maximum atomic E-state index is 12.4. The summed E-state index contributed by atoms with van der Waals surface area (Å²) < 4.78 is 10.6. The first-order chi connectivity index (χ1) is 13.2. The predicted octanol–water partition coefficient (Wildman–Crippen LogP) is 3.67. The number of rotatable bonds is 8. The molecule has 0 atom stereocenters. The smallest absolute Gasteiger partial charge is 0.255 e. The monoisotopic (exact) mass is 368 g/mol. The van der Waals surface area contributed by atoms with Crippen molar-refractivity contribution >= 4 is 11.6 Å². The van der Waals surface area contributed by atoms with Crippen LogP contribution in [0, 0.1) is 0 Å². The predicted molar refractivity (Wildman–Crippen MR) is 108 cm³/mol. The topological polar surface area (TPSA) is 50.8 Å². The summed E-state index contributed by atoms with van der Waals surface area (Å²) in [5.41, 5.74) is 3.10. The fourth-order valence-corrected chi connectivity index (χ4v) is 3.50. The Morgan fingerprint density at radius 3 is 2.44 bits per heavy atom. The van der Waals surface area contributed by atoms with Crippen LogP contribution in [0.2, 0.25) is 0 Å². The van der Waals surface area contributed by atoms with E-state index in [1.165, 1.54) is 37.2 Å². The number of amides is 1. The summed E-state index contributed by atoms with van der Waals surface area (Å²) in [6.45, 7) is 2.95. The fraction of sp³-hybridized carbons (Fsp3) is 0.409. The maximum absolute atomic E-state index is 12.4. The molecular weight excluding hydrogens is 340 g/mol.